The van der Waals surface area contributed by atoms with Gasteiger partial charge in [0.25, 0.3) is 5.91 Å². The molecule has 4 nitrogen and oxygen atoms in total. The van der Waals surface area contributed by atoms with Gasteiger partial charge in [-0.05, 0) is 43.5 Å². The van der Waals surface area contributed by atoms with E-state index in [1.54, 1.807) is 6.20 Å². The van der Waals surface area contributed by atoms with E-state index in [0.29, 0.717) is 17.3 Å². The monoisotopic (exact) mass is 297 g/mol. The lowest BCUT2D eigenvalue weighted by atomic mass is 10.1. The van der Waals surface area contributed by atoms with Gasteiger partial charge in [-0.2, -0.15) is 0 Å². The first-order chi connectivity index (χ1) is 10.5. The summed E-state index contributed by atoms with van der Waals surface area (Å²) in [6, 6.07) is 11.2. The highest BCUT2D eigenvalue weighted by molar-refractivity contribution is 6.03. The van der Waals surface area contributed by atoms with E-state index in [1.807, 2.05) is 43.3 Å². The Morgan fingerprint density at radius 3 is 2.45 bits per heavy atom. The number of hydrogen-bond acceptors (Lipinski definition) is 3. The van der Waals surface area contributed by atoms with Crippen molar-refractivity contribution in [2.75, 3.05) is 17.2 Å². The van der Waals surface area contributed by atoms with Gasteiger partial charge in [-0.15, -0.1) is 0 Å². The highest BCUT2D eigenvalue weighted by Crippen LogP contribution is 2.12. The van der Waals surface area contributed by atoms with Crippen LogP contribution in [-0.2, 0) is 0 Å². The Morgan fingerprint density at radius 2 is 1.86 bits per heavy atom. The van der Waals surface area contributed by atoms with E-state index in [9.17, 15) is 4.79 Å². The predicted octanol–water partition coefficient (Wildman–Crippen LogP) is 4.10. The largest absolute Gasteiger partial charge is 0.384 e. The van der Waals surface area contributed by atoms with Crippen LogP contribution in [0.1, 0.15) is 36.2 Å². The van der Waals surface area contributed by atoms with E-state index in [0.717, 1.165) is 24.2 Å². The highest BCUT2D eigenvalue weighted by atomic mass is 16.1. The zero-order valence-corrected chi connectivity index (χ0v) is 13.4. The SMILES string of the molecule is Cc1ccc(C(=O)Nc2ccc(NCCC(C)C)cn2)cc1. The van der Waals surface area contributed by atoms with Crippen molar-refractivity contribution in [1.29, 1.82) is 0 Å². The molecule has 0 aliphatic carbocycles. The summed E-state index contributed by atoms with van der Waals surface area (Å²) in [7, 11) is 0. The van der Waals surface area contributed by atoms with Crippen LogP contribution in [0.4, 0.5) is 11.5 Å². The molecule has 0 aliphatic heterocycles. The lowest BCUT2D eigenvalue weighted by Gasteiger charge is -2.09. The summed E-state index contributed by atoms with van der Waals surface area (Å²) >= 11 is 0. The standard InChI is InChI=1S/C18H23N3O/c1-13(2)10-11-19-16-8-9-17(20-12-16)21-18(22)15-6-4-14(3)5-7-15/h4-9,12-13,19H,10-11H2,1-3H3,(H,20,21,22). The van der Waals surface area contributed by atoms with Gasteiger partial charge in [0.2, 0.25) is 0 Å². The number of aryl methyl sites for hydroxylation is 1. The minimum Gasteiger partial charge on any atom is -0.384 e. The van der Waals surface area contributed by atoms with Crippen molar-refractivity contribution in [3.8, 4) is 0 Å². The molecule has 0 radical (unpaired) electrons. The molecule has 0 bridgehead atoms. The van der Waals surface area contributed by atoms with E-state index in [-0.39, 0.29) is 5.91 Å². The summed E-state index contributed by atoms with van der Waals surface area (Å²) in [6.07, 6.45) is 2.86. The van der Waals surface area contributed by atoms with Crippen molar-refractivity contribution < 1.29 is 4.79 Å². The summed E-state index contributed by atoms with van der Waals surface area (Å²) in [5.41, 5.74) is 2.73. The molecule has 22 heavy (non-hydrogen) atoms. The molecule has 0 saturated heterocycles. The van der Waals surface area contributed by atoms with Gasteiger partial charge in [0, 0.05) is 12.1 Å². The fourth-order valence-electron chi connectivity index (χ4n) is 1.97. The summed E-state index contributed by atoms with van der Waals surface area (Å²) in [5.74, 6) is 1.08. The van der Waals surface area contributed by atoms with Gasteiger partial charge in [0.1, 0.15) is 5.82 Å². The number of carbonyl (C=O) groups is 1. The number of benzene rings is 1. The van der Waals surface area contributed by atoms with Gasteiger partial charge in [0.15, 0.2) is 0 Å². The number of nitrogens with zero attached hydrogens (tertiary/aromatic N) is 1. The maximum absolute atomic E-state index is 12.1. The van der Waals surface area contributed by atoms with Gasteiger partial charge >= 0.3 is 0 Å². The summed E-state index contributed by atoms with van der Waals surface area (Å²) in [6.45, 7) is 7.32. The average Bonchev–Trinajstić information content (AvgIpc) is 2.49. The van der Waals surface area contributed by atoms with Gasteiger partial charge in [0.05, 0.1) is 11.9 Å². The first-order valence-corrected chi connectivity index (χ1v) is 7.62. The van der Waals surface area contributed by atoms with Crippen molar-refractivity contribution in [3.63, 3.8) is 0 Å². The minimum absolute atomic E-state index is 0.145. The number of pyridine rings is 1. The number of nitrogens with one attached hydrogen (secondary N) is 2. The maximum Gasteiger partial charge on any atom is 0.256 e. The Kier molecular flexibility index (Phi) is 5.53. The van der Waals surface area contributed by atoms with E-state index < -0.39 is 0 Å². The van der Waals surface area contributed by atoms with E-state index in [2.05, 4.69) is 29.5 Å². The molecule has 2 rings (SSSR count). The van der Waals surface area contributed by atoms with Crippen LogP contribution in [0.25, 0.3) is 0 Å². The van der Waals surface area contributed by atoms with Crippen molar-refractivity contribution in [3.05, 3.63) is 53.7 Å². The number of aromatic nitrogens is 1. The van der Waals surface area contributed by atoms with E-state index in [1.165, 1.54) is 0 Å². The third-order valence-electron chi connectivity index (χ3n) is 3.37. The van der Waals surface area contributed by atoms with Crippen molar-refractivity contribution in [2.45, 2.75) is 27.2 Å². The lowest BCUT2D eigenvalue weighted by molar-refractivity contribution is 0.102. The second-order valence-electron chi connectivity index (χ2n) is 5.86. The zero-order chi connectivity index (χ0) is 15.9. The number of amides is 1. The van der Waals surface area contributed by atoms with Crippen LogP contribution in [0.2, 0.25) is 0 Å². The molecule has 1 aromatic carbocycles. The number of carbonyl (C=O) groups excluding carboxylic acids is 1. The molecule has 0 spiro atoms. The van der Waals surface area contributed by atoms with Gasteiger partial charge in [-0.1, -0.05) is 31.5 Å². The normalized spacial score (nSPS) is 10.5. The topological polar surface area (TPSA) is 54.0 Å². The fraction of sp³-hybridized carbons (Fsp3) is 0.333. The highest BCUT2D eigenvalue weighted by Gasteiger charge is 2.06. The second kappa shape index (κ2) is 7.59. The Hall–Kier alpha value is -2.36. The predicted molar refractivity (Wildman–Crippen MR) is 91.3 cm³/mol. The molecule has 2 aromatic rings. The van der Waals surface area contributed by atoms with Crippen molar-refractivity contribution in [1.82, 2.24) is 4.98 Å². The maximum atomic E-state index is 12.1. The first-order valence-electron chi connectivity index (χ1n) is 7.62. The molecule has 0 atom stereocenters. The zero-order valence-electron chi connectivity index (χ0n) is 13.4. The molecule has 0 unspecified atom stereocenters. The van der Waals surface area contributed by atoms with Crippen LogP contribution >= 0.6 is 0 Å². The molecule has 1 aromatic heterocycles. The van der Waals surface area contributed by atoms with Crippen LogP contribution in [0.3, 0.4) is 0 Å². The molecular weight excluding hydrogens is 274 g/mol. The van der Waals surface area contributed by atoms with Gasteiger partial charge in [-0.3, -0.25) is 4.79 Å². The third kappa shape index (κ3) is 4.88. The van der Waals surface area contributed by atoms with Crippen LogP contribution in [0, 0.1) is 12.8 Å². The van der Waals surface area contributed by atoms with Crippen LogP contribution in [0.5, 0.6) is 0 Å². The Balaban J connectivity index is 1.90. The van der Waals surface area contributed by atoms with Gasteiger partial charge in [-0.25, -0.2) is 4.98 Å². The van der Waals surface area contributed by atoms with E-state index >= 15 is 0 Å². The summed E-state index contributed by atoms with van der Waals surface area (Å²) in [5, 5.41) is 6.12. The Labute approximate surface area is 132 Å². The van der Waals surface area contributed by atoms with Crippen LogP contribution in [0.15, 0.2) is 42.6 Å². The molecule has 1 heterocycles. The fourth-order valence-corrected chi connectivity index (χ4v) is 1.97. The first kappa shape index (κ1) is 16.0. The molecule has 0 saturated carbocycles. The molecule has 116 valence electrons. The number of hydrogen-bond donors (Lipinski definition) is 2. The van der Waals surface area contributed by atoms with Gasteiger partial charge < -0.3 is 10.6 Å². The molecule has 0 aliphatic rings. The van der Waals surface area contributed by atoms with Crippen LogP contribution < -0.4 is 10.6 Å². The number of rotatable bonds is 6. The Morgan fingerprint density at radius 1 is 1.14 bits per heavy atom. The quantitative estimate of drug-likeness (QED) is 0.844. The summed E-state index contributed by atoms with van der Waals surface area (Å²) in [4.78, 5) is 16.4. The molecule has 1 amide bonds. The van der Waals surface area contributed by atoms with Crippen LogP contribution in [-0.4, -0.2) is 17.4 Å². The van der Waals surface area contributed by atoms with Crippen molar-refractivity contribution >= 4 is 17.4 Å². The third-order valence-corrected chi connectivity index (χ3v) is 3.37. The molecular formula is C18H23N3O. The van der Waals surface area contributed by atoms with E-state index in [4.69, 9.17) is 0 Å². The Bertz CT molecular complexity index is 603. The summed E-state index contributed by atoms with van der Waals surface area (Å²) < 4.78 is 0. The second-order valence-corrected chi connectivity index (χ2v) is 5.86. The smallest absolute Gasteiger partial charge is 0.256 e. The average molecular weight is 297 g/mol. The number of anilines is 2. The lowest BCUT2D eigenvalue weighted by Crippen LogP contribution is -2.13. The minimum atomic E-state index is -0.145. The molecule has 2 N–H and O–H groups in total. The van der Waals surface area contributed by atoms with Crippen molar-refractivity contribution in [2.24, 2.45) is 5.92 Å². The molecule has 4 heteroatoms. The molecule has 0 fully saturated rings.